The first kappa shape index (κ1) is 23.4. The first-order valence-electron chi connectivity index (χ1n) is 10.3. The highest BCUT2D eigenvalue weighted by molar-refractivity contribution is 14.0. The van der Waals surface area contributed by atoms with Crippen molar-refractivity contribution in [2.45, 2.75) is 44.6 Å². The molecule has 2 aliphatic rings. The molecule has 2 amide bonds. The minimum atomic E-state index is 0. The Bertz CT molecular complexity index is 692. The zero-order chi connectivity index (χ0) is 19.8. The molecule has 1 heterocycles. The van der Waals surface area contributed by atoms with Crippen LogP contribution in [0.1, 0.15) is 38.5 Å². The van der Waals surface area contributed by atoms with Crippen LogP contribution < -0.4 is 20.9 Å². The van der Waals surface area contributed by atoms with Crippen molar-refractivity contribution in [2.75, 3.05) is 31.6 Å². The first-order valence-corrected chi connectivity index (χ1v) is 10.3. The summed E-state index contributed by atoms with van der Waals surface area (Å²) in [6.45, 7) is 1.78. The van der Waals surface area contributed by atoms with Crippen LogP contribution in [0.2, 0.25) is 0 Å². The molecule has 1 unspecified atom stereocenters. The zero-order valence-corrected chi connectivity index (χ0v) is 19.4. The third-order valence-electron chi connectivity index (χ3n) is 5.45. The van der Waals surface area contributed by atoms with Crippen LogP contribution in [0.3, 0.4) is 0 Å². The third-order valence-corrected chi connectivity index (χ3v) is 5.45. The summed E-state index contributed by atoms with van der Waals surface area (Å²) >= 11 is 0. The lowest BCUT2D eigenvalue weighted by Crippen LogP contribution is -2.47. The molecule has 3 N–H and O–H groups in total. The van der Waals surface area contributed by atoms with Gasteiger partial charge in [0.1, 0.15) is 0 Å². The fourth-order valence-corrected chi connectivity index (χ4v) is 3.93. The lowest BCUT2D eigenvalue weighted by molar-refractivity contribution is -0.125. The number of benzene rings is 1. The molecule has 3 rings (SSSR count). The number of aliphatic imine (C=N–C) groups is 1. The van der Waals surface area contributed by atoms with Gasteiger partial charge < -0.3 is 20.9 Å². The minimum absolute atomic E-state index is 0. The second-order valence-electron chi connectivity index (χ2n) is 7.51. The summed E-state index contributed by atoms with van der Waals surface area (Å²) in [5.41, 5.74) is 0.921. The molecule has 1 aliphatic heterocycles. The van der Waals surface area contributed by atoms with Crippen molar-refractivity contribution in [3.05, 3.63) is 30.3 Å². The van der Waals surface area contributed by atoms with Crippen molar-refractivity contribution >= 4 is 47.4 Å². The van der Waals surface area contributed by atoms with Crippen molar-refractivity contribution in [1.82, 2.24) is 16.0 Å². The maximum absolute atomic E-state index is 12.3. The van der Waals surface area contributed by atoms with Crippen LogP contribution in [0.4, 0.5) is 5.69 Å². The van der Waals surface area contributed by atoms with Crippen molar-refractivity contribution in [2.24, 2.45) is 10.9 Å². The summed E-state index contributed by atoms with van der Waals surface area (Å²) in [5, 5.41) is 9.54. The molecule has 0 spiro atoms. The Morgan fingerprint density at radius 2 is 1.79 bits per heavy atom. The fourth-order valence-electron chi connectivity index (χ4n) is 3.93. The number of anilines is 1. The first-order chi connectivity index (χ1) is 13.7. The average Bonchev–Trinajstić information content (AvgIpc) is 3.11. The van der Waals surface area contributed by atoms with Gasteiger partial charge in [-0.15, -0.1) is 24.0 Å². The molecule has 0 radical (unpaired) electrons. The van der Waals surface area contributed by atoms with Gasteiger partial charge in [-0.05, 0) is 25.0 Å². The van der Waals surface area contributed by atoms with Gasteiger partial charge in [0.2, 0.25) is 11.8 Å². The molecule has 2 fully saturated rings. The Hall–Kier alpha value is -1.84. The molecule has 1 saturated heterocycles. The van der Waals surface area contributed by atoms with E-state index in [2.05, 4.69) is 20.9 Å². The van der Waals surface area contributed by atoms with Crippen LogP contribution in [0.25, 0.3) is 0 Å². The minimum Gasteiger partial charge on any atom is -0.355 e. The van der Waals surface area contributed by atoms with Crippen LogP contribution in [-0.4, -0.2) is 50.5 Å². The van der Waals surface area contributed by atoms with Gasteiger partial charge >= 0.3 is 0 Å². The van der Waals surface area contributed by atoms with Crippen LogP contribution in [0.5, 0.6) is 0 Å². The number of nitrogens with one attached hydrogen (secondary N) is 3. The lowest BCUT2D eigenvalue weighted by atomic mass is 9.89. The quantitative estimate of drug-likeness (QED) is 0.236. The van der Waals surface area contributed by atoms with E-state index >= 15 is 0 Å². The monoisotopic (exact) mass is 513 g/mol. The van der Waals surface area contributed by atoms with Gasteiger partial charge in [0.05, 0.1) is 6.04 Å². The van der Waals surface area contributed by atoms with Gasteiger partial charge in [0, 0.05) is 44.7 Å². The summed E-state index contributed by atoms with van der Waals surface area (Å²) in [4.78, 5) is 30.5. The standard InChI is InChI=1S/C21H31N5O2.HI/c1-22-21(24-13-12-23-20(28)16-8-4-2-5-9-16)25-17-14-19(27)26(15-17)18-10-6-3-7-11-18;/h3,6-7,10-11,16-17H,2,4-5,8-9,12-15H2,1H3,(H,23,28)(H2,22,24,25);1H. The smallest absolute Gasteiger partial charge is 0.229 e. The molecule has 160 valence electrons. The predicted octanol–water partition coefficient (Wildman–Crippen LogP) is 2.27. The van der Waals surface area contributed by atoms with E-state index in [9.17, 15) is 9.59 Å². The number of nitrogens with zero attached hydrogens (tertiary/aromatic N) is 2. The molecule has 1 saturated carbocycles. The molecule has 1 atom stereocenters. The van der Waals surface area contributed by atoms with Gasteiger partial charge in [-0.1, -0.05) is 37.5 Å². The Balaban J connectivity index is 0.00000300. The molecule has 0 aromatic heterocycles. The topological polar surface area (TPSA) is 85.8 Å². The molecule has 29 heavy (non-hydrogen) atoms. The second-order valence-corrected chi connectivity index (χ2v) is 7.51. The van der Waals surface area contributed by atoms with Crippen molar-refractivity contribution in [1.29, 1.82) is 0 Å². The molecular weight excluding hydrogens is 481 g/mol. The number of amides is 2. The number of carbonyl (C=O) groups excluding carboxylic acids is 2. The largest absolute Gasteiger partial charge is 0.355 e. The van der Waals surface area contributed by atoms with Crippen LogP contribution in [-0.2, 0) is 9.59 Å². The molecular formula is C21H32IN5O2. The number of hydrogen-bond acceptors (Lipinski definition) is 3. The zero-order valence-electron chi connectivity index (χ0n) is 17.0. The molecule has 1 aromatic carbocycles. The van der Waals surface area contributed by atoms with Gasteiger partial charge in [0.15, 0.2) is 5.96 Å². The number of rotatable bonds is 6. The van der Waals surface area contributed by atoms with Crippen molar-refractivity contribution in [3.8, 4) is 0 Å². The van der Waals surface area contributed by atoms with Gasteiger partial charge in [-0.3, -0.25) is 14.6 Å². The summed E-state index contributed by atoms with van der Waals surface area (Å²) in [5.74, 6) is 1.11. The van der Waals surface area contributed by atoms with Crippen LogP contribution in [0, 0.1) is 5.92 Å². The Morgan fingerprint density at radius 1 is 1.10 bits per heavy atom. The van der Waals surface area contributed by atoms with Crippen LogP contribution in [0.15, 0.2) is 35.3 Å². The summed E-state index contributed by atoms with van der Waals surface area (Å²) in [7, 11) is 1.71. The van der Waals surface area contributed by atoms with Gasteiger partial charge in [-0.25, -0.2) is 0 Å². The number of carbonyl (C=O) groups is 2. The molecule has 0 bridgehead atoms. The van der Waals surface area contributed by atoms with E-state index in [4.69, 9.17) is 0 Å². The predicted molar refractivity (Wildman–Crippen MR) is 127 cm³/mol. The average molecular weight is 513 g/mol. The highest BCUT2D eigenvalue weighted by atomic mass is 127. The third kappa shape index (κ3) is 6.87. The number of hydrogen-bond donors (Lipinski definition) is 3. The molecule has 8 heteroatoms. The fraction of sp³-hybridized carbons (Fsp3) is 0.571. The summed E-state index contributed by atoms with van der Waals surface area (Å²) in [6.07, 6.45) is 6.03. The summed E-state index contributed by atoms with van der Waals surface area (Å²) < 4.78 is 0. The van der Waals surface area contributed by atoms with Crippen LogP contribution >= 0.6 is 24.0 Å². The van der Waals surface area contributed by atoms with Crippen molar-refractivity contribution < 1.29 is 9.59 Å². The van der Waals surface area contributed by atoms with E-state index in [1.54, 1.807) is 11.9 Å². The number of guanidine groups is 1. The van der Waals surface area contributed by atoms with E-state index in [0.29, 0.717) is 32.0 Å². The number of halogens is 1. The second kappa shape index (κ2) is 12.0. The lowest BCUT2D eigenvalue weighted by Gasteiger charge is -2.21. The van der Waals surface area contributed by atoms with Crippen molar-refractivity contribution in [3.63, 3.8) is 0 Å². The van der Waals surface area contributed by atoms with E-state index in [0.717, 1.165) is 31.4 Å². The van der Waals surface area contributed by atoms with Gasteiger partial charge in [0.25, 0.3) is 0 Å². The Morgan fingerprint density at radius 3 is 2.48 bits per heavy atom. The number of para-hydroxylation sites is 1. The molecule has 1 aliphatic carbocycles. The van der Waals surface area contributed by atoms with E-state index in [1.165, 1.54) is 6.42 Å². The highest BCUT2D eigenvalue weighted by Crippen LogP contribution is 2.23. The summed E-state index contributed by atoms with van der Waals surface area (Å²) in [6, 6.07) is 9.72. The normalized spacial score (nSPS) is 20.2. The molecule has 7 nitrogen and oxygen atoms in total. The van der Waals surface area contributed by atoms with E-state index in [-0.39, 0.29) is 47.8 Å². The maximum atomic E-state index is 12.3. The Kier molecular flexibility index (Phi) is 9.69. The van der Waals surface area contributed by atoms with Gasteiger partial charge in [-0.2, -0.15) is 0 Å². The molecule has 1 aromatic rings. The SMILES string of the molecule is CN=C(NCCNC(=O)C1CCCCC1)NC1CC(=O)N(c2ccccc2)C1.I. The maximum Gasteiger partial charge on any atom is 0.229 e. The van der Waals surface area contributed by atoms with E-state index < -0.39 is 0 Å². The van der Waals surface area contributed by atoms with E-state index in [1.807, 2.05) is 30.3 Å². The Labute approximate surface area is 190 Å². The highest BCUT2D eigenvalue weighted by Gasteiger charge is 2.31.